The van der Waals surface area contributed by atoms with Gasteiger partial charge in [0, 0.05) is 0 Å². The molecule has 0 heterocycles. The Morgan fingerprint density at radius 3 is 2.62 bits per heavy atom. The van der Waals surface area contributed by atoms with E-state index in [9.17, 15) is 14.9 Å². The number of rotatable bonds is 2. The molecule has 0 saturated carbocycles. The molecule has 0 bridgehead atoms. The zero-order valence-corrected chi connectivity index (χ0v) is 12.1. The number of hydrogen-bond donors (Lipinski definition) is 1. The van der Waals surface area contributed by atoms with Gasteiger partial charge >= 0.3 is 89.6 Å². The Morgan fingerprint density at radius 2 is 2.15 bits per heavy atom. The Kier molecular flexibility index (Phi) is 2.97. The van der Waals surface area contributed by atoms with Gasteiger partial charge in [-0.05, 0) is 0 Å². The minimum atomic E-state index is -1.10. The second-order valence-corrected chi connectivity index (χ2v) is 5.11. The summed E-state index contributed by atoms with van der Waals surface area (Å²) in [6, 6.07) is 4.10. The fraction of sp³-hybridized carbons (Fsp3) is 0. The van der Waals surface area contributed by atoms with Crippen LogP contribution in [0.4, 0.5) is 5.69 Å². The molecule has 6 heteroatoms. The van der Waals surface area contributed by atoms with Crippen LogP contribution in [0.5, 0.6) is 0 Å². The van der Waals surface area contributed by atoms with E-state index < -0.39 is 10.9 Å². The summed E-state index contributed by atoms with van der Waals surface area (Å²) < 4.78 is 0.375. The predicted molar refractivity (Wildman–Crippen MR) is 39.7 cm³/mol. The van der Waals surface area contributed by atoms with Gasteiger partial charge in [0.15, 0.2) is 0 Å². The van der Waals surface area contributed by atoms with Crippen LogP contribution in [0.1, 0.15) is 10.4 Å². The molecule has 0 amide bonds. The number of carbonyl (C=O) groups is 1. The van der Waals surface area contributed by atoms with Crippen LogP contribution in [0.15, 0.2) is 18.2 Å². The SMILES string of the molecule is O=C(O)c1cccc([N+](=O)[O-])[c]1[Hg]. The summed E-state index contributed by atoms with van der Waals surface area (Å²) in [6.07, 6.45) is 0. The fourth-order valence-electron chi connectivity index (χ4n) is 0.946. The third-order valence-electron chi connectivity index (χ3n) is 1.58. The van der Waals surface area contributed by atoms with Gasteiger partial charge in [0.25, 0.3) is 0 Å². The van der Waals surface area contributed by atoms with Crippen molar-refractivity contribution in [2.24, 2.45) is 0 Å². The standard InChI is InChI=1S/C7H4NO4.Hg/c9-7(10)5-2-1-3-6(4-5)8(11)12;/h1-3H,(H,9,10);. The Hall–Kier alpha value is -0.975. The van der Waals surface area contributed by atoms with Crippen LogP contribution < -0.4 is 3.07 Å². The van der Waals surface area contributed by atoms with Gasteiger partial charge < -0.3 is 0 Å². The quantitative estimate of drug-likeness (QED) is 0.468. The van der Waals surface area contributed by atoms with Crippen molar-refractivity contribution in [3.8, 4) is 0 Å². The first-order chi connectivity index (χ1) is 6.04. The van der Waals surface area contributed by atoms with E-state index in [1.807, 2.05) is 0 Å². The Morgan fingerprint density at radius 1 is 1.54 bits per heavy atom. The summed E-state index contributed by atoms with van der Waals surface area (Å²) in [4.78, 5) is 20.5. The molecule has 1 aromatic carbocycles. The number of nitro benzene ring substituents is 1. The van der Waals surface area contributed by atoms with Crippen LogP contribution in [0.2, 0.25) is 0 Å². The van der Waals surface area contributed by atoms with Crippen molar-refractivity contribution >= 4 is 14.7 Å². The van der Waals surface area contributed by atoms with E-state index in [1.54, 1.807) is 0 Å². The summed E-state index contributed by atoms with van der Waals surface area (Å²) in [5.41, 5.74) is -0.0271. The molecule has 0 fully saturated rings. The molecule has 5 nitrogen and oxygen atoms in total. The molecule has 1 N–H and O–H groups in total. The second-order valence-electron chi connectivity index (χ2n) is 2.37. The van der Waals surface area contributed by atoms with Crippen molar-refractivity contribution in [2.45, 2.75) is 0 Å². The third kappa shape index (κ3) is 2.03. The van der Waals surface area contributed by atoms with Crippen LogP contribution in [0.25, 0.3) is 0 Å². The minimum absolute atomic E-state index is 0.0533. The molecule has 1 rings (SSSR count). The number of aromatic carboxylic acids is 1. The summed E-state index contributed by atoms with van der Waals surface area (Å²) in [6.45, 7) is 0. The average molecular weight is 367 g/mol. The number of nitro groups is 1. The molecule has 0 saturated heterocycles. The van der Waals surface area contributed by atoms with Crippen molar-refractivity contribution in [1.82, 2.24) is 0 Å². The Labute approximate surface area is 89.5 Å². The molecular weight excluding hydrogens is 363 g/mol. The molecule has 0 aliphatic heterocycles. The zero-order valence-electron chi connectivity index (χ0n) is 6.56. The summed E-state index contributed by atoms with van der Waals surface area (Å²) >= 11 is -0.0768. The van der Waals surface area contributed by atoms with E-state index in [2.05, 4.69) is 0 Å². The molecule has 0 aromatic heterocycles. The fourth-order valence-corrected chi connectivity index (χ4v) is 2.95. The van der Waals surface area contributed by atoms with Gasteiger partial charge in [0.1, 0.15) is 0 Å². The molecular formula is C7H4HgNO4. The molecule has 0 unspecified atom stereocenters. The number of hydrogen-bond acceptors (Lipinski definition) is 3. The molecule has 0 aliphatic carbocycles. The summed E-state index contributed by atoms with van der Waals surface area (Å²) in [5, 5.41) is 19.1. The van der Waals surface area contributed by atoms with E-state index in [4.69, 9.17) is 5.11 Å². The van der Waals surface area contributed by atoms with Crippen LogP contribution >= 0.6 is 0 Å². The maximum absolute atomic E-state index is 10.6. The monoisotopic (exact) mass is 368 g/mol. The van der Waals surface area contributed by atoms with Gasteiger partial charge in [0.05, 0.1) is 0 Å². The Bertz CT molecular complexity index is 345. The first kappa shape index (κ1) is 10.1. The van der Waals surface area contributed by atoms with Gasteiger partial charge in [-0.25, -0.2) is 0 Å². The van der Waals surface area contributed by atoms with E-state index in [-0.39, 0.29) is 37.4 Å². The van der Waals surface area contributed by atoms with Crippen LogP contribution in [-0.2, 0) is 26.1 Å². The normalized spacial score (nSPS) is 9.69. The zero-order chi connectivity index (χ0) is 10.0. The van der Waals surface area contributed by atoms with Crippen LogP contribution in [0, 0.1) is 10.1 Å². The van der Waals surface area contributed by atoms with Gasteiger partial charge in [-0.3, -0.25) is 0 Å². The first-order valence-electron chi connectivity index (χ1n) is 3.36. The maximum atomic E-state index is 10.6. The predicted octanol–water partition coefficient (Wildman–Crippen LogP) is 0.465. The van der Waals surface area contributed by atoms with E-state index in [1.165, 1.54) is 18.2 Å². The molecule has 63 valence electrons. The van der Waals surface area contributed by atoms with E-state index >= 15 is 0 Å². The van der Waals surface area contributed by atoms with Crippen molar-refractivity contribution < 1.29 is 40.9 Å². The van der Waals surface area contributed by atoms with E-state index in [0.29, 0.717) is 3.07 Å². The van der Waals surface area contributed by atoms with Gasteiger partial charge in [-0.1, -0.05) is 0 Å². The average Bonchev–Trinajstić information content (AvgIpc) is 2.03. The number of carboxylic acids is 1. The van der Waals surface area contributed by atoms with Gasteiger partial charge in [-0.2, -0.15) is 0 Å². The molecule has 13 heavy (non-hydrogen) atoms. The first-order valence-corrected chi connectivity index (χ1v) is 6.11. The van der Waals surface area contributed by atoms with Crippen LogP contribution in [-0.4, -0.2) is 16.0 Å². The summed E-state index contributed by atoms with van der Waals surface area (Å²) in [5.74, 6) is -1.10. The van der Waals surface area contributed by atoms with Gasteiger partial charge in [0.2, 0.25) is 0 Å². The van der Waals surface area contributed by atoms with Crippen molar-refractivity contribution in [3.05, 3.63) is 33.9 Å². The molecule has 1 aromatic rings. The molecule has 0 spiro atoms. The Balaban J connectivity index is 3.35. The van der Waals surface area contributed by atoms with Crippen LogP contribution in [0.3, 0.4) is 0 Å². The number of benzene rings is 1. The van der Waals surface area contributed by atoms with Gasteiger partial charge in [-0.15, -0.1) is 0 Å². The van der Waals surface area contributed by atoms with Crippen molar-refractivity contribution in [2.75, 3.05) is 0 Å². The molecule has 0 aliphatic rings. The molecule has 0 atom stereocenters. The number of nitrogens with zero attached hydrogens (tertiary/aromatic N) is 1. The summed E-state index contributed by atoms with van der Waals surface area (Å²) in [7, 11) is 0. The van der Waals surface area contributed by atoms with E-state index in [0.717, 1.165) is 0 Å². The number of carboxylic acid groups (broad SMARTS) is 1. The van der Waals surface area contributed by atoms with Crippen molar-refractivity contribution in [1.29, 1.82) is 0 Å². The topological polar surface area (TPSA) is 80.4 Å². The van der Waals surface area contributed by atoms with Crippen molar-refractivity contribution in [3.63, 3.8) is 0 Å². The third-order valence-corrected chi connectivity index (χ3v) is 4.47. The second kappa shape index (κ2) is 3.82. The molecule has 0 radical (unpaired) electrons.